The number of thiophene rings is 1. The molecule has 2 aromatic heterocycles. The van der Waals surface area contributed by atoms with Crippen LogP contribution in [-0.2, 0) is 12.3 Å². The van der Waals surface area contributed by atoms with Crippen LogP contribution in [0.1, 0.15) is 29.7 Å². The summed E-state index contributed by atoms with van der Waals surface area (Å²) in [5.41, 5.74) is 0.139. The van der Waals surface area contributed by atoms with Crippen LogP contribution in [0.5, 0.6) is 0 Å². The van der Waals surface area contributed by atoms with E-state index in [9.17, 15) is 14.9 Å². The van der Waals surface area contributed by atoms with Gasteiger partial charge in [0, 0.05) is 28.7 Å². The van der Waals surface area contributed by atoms with Crippen molar-refractivity contribution < 1.29 is 4.92 Å². The Kier molecular flexibility index (Phi) is 7.74. The highest BCUT2D eigenvalue weighted by molar-refractivity contribution is 8.02. The van der Waals surface area contributed by atoms with Crippen LogP contribution >= 0.6 is 34.9 Å². The van der Waals surface area contributed by atoms with Gasteiger partial charge in [-0.2, -0.15) is 11.8 Å². The average molecular weight is 427 g/mol. The number of aromatic amines is 1. The van der Waals surface area contributed by atoms with E-state index in [2.05, 4.69) is 26.3 Å². The molecule has 7 nitrogen and oxygen atoms in total. The summed E-state index contributed by atoms with van der Waals surface area (Å²) in [5.74, 6) is 2.68. The van der Waals surface area contributed by atoms with E-state index in [1.54, 1.807) is 0 Å². The molecule has 1 saturated heterocycles. The second kappa shape index (κ2) is 10.3. The zero-order chi connectivity index (χ0) is 19.1. The fraction of sp³-hybridized carbons (Fsp3) is 0.529. The highest BCUT2D eigenvalue weighted by Crippen LogP contribution is 2.23. The van der Waals surface area contributed by atoms with E-state index in [1.165, 1.54) is 54.6 Å². The van der Waals surface area contributed by atoms with Gasteiger partial charge in [-0.05, 0) is 42.9 Å². The molecule has 0 unspecified atom stereocenters. The van der Waals surface area contributed by atoms with E-state index in [0.29, 0.717) is 5.16 Å². The van der Waals surface area contributed by atoms with Gasteiger partial charge in [-0.1, -0.05) is 18.2 Å². The minimum Gasteiger partial charge on any atom is -0.298 e. The first-order valence-electron chi connectivity index (χ1n) is 8.85. The topological polar surface area (TPSA) is 92.1 Å². The van der Waals surface area contributed by atoms with Crippen molar-refractivity contribution in [2.24, 2.45) is 0 Å². The van der Waals surface area contributed by atoms with Gasteiger partial charge in [0.2, 0.25) is 0 Å². The van der Waals surface area contributed by atoms with Crippen molar-refractivity contribution in [3.05, 3.63) is 48.6 Å². The highest BCUT2D eigenvalue weighted by Gasteiger charge is 2.13. The van der Waals surface area contributed by atoms with E-state index in [-0.39, 0.29) is 0 Å². The Morgan fingerprint density at radius 3 is 2.85 bits per heavy atom. The van der Waals surface area contributed by atoms with Gasteiger partial charge in [0.25, 0.3) is 0 Å². The van der Waals surface area contributed by atoms with Crippen LogP contribution in [0.3, 0.4) is 0 Å². The maximum atomic E-state index is 11.5. The second-order valence-corrected chi connectivity index (χ2v) is 9.50. The first kappa shape index (κ1) is 20.4. The lowest BCUT2D eigenvalue weighted by molar-refractivity contribution is -0.386. The molecule has 0 spiro atoms. The molecule has 1 aliphatic rings. The van der Waals surface area contributed by atoms with Crippen molar-refractivity contribution in [2.45, 2.75) is 36.7 Å². The molecule has 3 heterocycles. The third-order valence-corrected chi connectivity index (χ3v) is 7.37. The number of nitro groups is 1. The summed E-state index contributed by atoms with van der Waals surface area (Å²) in [6, 6.07) is 2.31. The quantitative estimate of drug-likeness (QED) is 0.215. The molecule has 0 amide bonds. The molecular formula is C17H22N4O3S3. The third kappa shape index (κ3) is 6.34. The lowest BCUT2D eigenvalue weighted by Crippen LogP contribution is -2.28. The van der Waals surface area contributed by atoms with Gasteiger partial charge < -0.3 is 0 Å². The third-order valence-electron chi connectivity index (χ3n) is 4.23. The van der Waals surface area contributed by atoms with Gasteiger partial charge in [-0.25, -0.2) is 4.98 Å². The van der Waals surface area contributed by atoms with Crippen LogP contribution in [0.2, 0.25) is 0 Å². The lowest BCUT2D eigenvalue weighted by atomic mass is 10.1. The van der Waals surface area contributed by atoms with Crippen molar-refractivity contribution in [1.82, 2.24) is 14.9 Å². The first-order chi connectivity index (χ1) is 13.1. The fourth-order valence-electron chi connectivity index (χ4n) is 2.89. The minimum atomic E-state index is -0.726. The summed E-state index contributed by atoms with van der Waals surface area (Å²) in [6.07, 6.45) is 5.02. The van der Waals surface area contributed by atoms with Crippen LogP contribution in [0, 0.1) is 10.1 Å². The number of hydrogen-bond acceptors (Lipinski definition) is 8. The van der Waals surface area contributed by atoms with Gasteiger partial charge in [0.05, 0.1) is 4.92 Å². The van der Waals surface area contributed by atoms with E-state index < -0.39 is 16.2 Å². The molecule has 0 aromatic carbocycles. The van der Waals surface area contributed by atoms with Crippen LogP contribution < -0.4 is 5.56 Å². The Labute approximate surface area is 170 Å². The first-order valence-corrected chi connectivity index (χ1v) is 11.9. The zero-order valence-corrected chi connectivity index (χ0v) is 17.3. The Morgan fingerprint density at radius 2 is 2.11 bits per heavy atom. The molecule has 0 radical (unpaired) electrons. The van der Waals surface area contributed by atoms with Crippen LogP contribution in [-0.4, -0.2) is 44.4 Å². The van der Waals surface area contributed by atoms with Crippen LogP contribution in [0.15, 0.2) is 27.6 Å². The summed E-state index contributed by atoms with van der Waals surface area (Å²) < 4.78 is 0. The number of aromatic nitrogens is 2. The Balaban J connectivity index is 1.36. The predicted octanol–water partition coefficient (Wildman–Crippen LogP) is 3.75. The van der Waals surface area contributed by atoms with Crippen molar-refractivity contribution in [3.8, 4) is 0 Å². The maximum Gasteiger partial charge on any atom is 0.352 e. The highest BCUT2D eigenvalue weighted by atomic mass is 32.2. The van der Waals surface area contributed by atoms with Crippen molar-refractivity contribution >= 4 is 40.5 Å². The number of H-pyrrole nitrogens is 1. The molecule has 0 bridgehead atoms. The fourth-order valence-corrected chi connectivity index (χ4v) is 5.76. The number of nitrogens with zero attached hydrogens (tertiary/aromatic N) is 3. The van der Waals surface area contributed by atoms with Crippen molar-refractivity contribution in [3.63, 3.8) is 0 Å². The van der Waals surface area contributed by atoms with Crippen LogP contribution in [0.4, 0.5) is 5.69 Å². The molecule has 0 aliphatic carbocycles. The van der Waals surface area contributed by atoms with Crippen molar-refractivity contribution in [2.75, 3.05) is 24.6 Å². The van der Waals surface area contributed by atoms with Gasteiger partial charge in [0.15, 0.2) is 5.16 Å². The molecule has 0 saturated carbocycles. The van der Waals surface area contributed by atoms with E-state index >= 15 is 0 Å². The summed E-state index contributed by atoms with van der Waals surface area (Å²) in [4.78, 5) is 31.8. The molecule has 2 aromatic rings. The maximum absolute atomic E-state index is 11.5. The smallest absolute Gasteiger partial charge is 0.298 e. The molecular weight excluding hydrogens is 404 g/mol. The number of thioether (sulfide) groups is 2. The lowest BCUT2D eigenvalue weighted by Gasteiger charge is -2.25. The largest absolute Gasteiger partial charge is 0.352 e. The number of hydrogen-bond donors (Lipinski definition) is 1. The monoisotopic (exact) mass is 426 g/mol. The van der Waals surface area contributed by atoms with Gasteiger partial charge in [-0.15, -0.1) is 11.3 Å². The summed E-state index contributed by atoms with van der Waals surface area (Å²) >= 11 is 5.09. The number of likely N-dealkylation sites (tertiary alicyclic amines) is 1. The van der Waals surface area contributed by atoms with E-state index in [4.69, 9.17) is 0 Å². The number of rotatable bonds is 9. The van der Waals surface area contributed by atoms with E-state index in [0.717, 1.165) is 30.0 Å². The second-order valence-electron chi connectivity index (χ2n) is 6.32. The van der Waals surface area contributed by atoms with Gasteiger partial charge in [-0.3, -0.25) is 24.8 Å². The SMILES string of the molecule is O=c1[nH]c(SCCSCc2csc(CN3CCCCC3)c2)ncc1[N+](=O)[O-]. The van der Waals surface area contributed by atoms with E-state index in [1.807, 2.05) is 23.1 Å². The zero-order valence-electron chi connectivity index (χ0n) is 14.9. The summed E-state index contributed by atoms with van der Waals surface area (Å²) in [6.45, 7) is 3.51. The number of piperidine rings is 1. The standard InChI is InChI=1S/C17H22N4O3S3/c22-16-15(21(23)24)9-18-17(19-16)26-7-6-25-11-13-8-14(27-12-13)10-20-4-2-1-3-5-20/h8-9,12H,1-7,10-11H2,(H,18,19,22). The molecule has 27 heavy (non-hydrogen) atoms. The normalized spacial score (nSPS) is 15.1. The molecule has 146 valence electrons. The average Bonchev–Trinajstić information content (AvgIpc) is 3.09. The number of nitrogens with one attached hydrogen (secondary N) is 1. The van der Waals surface area contributed by atoms with Gasteiger partial charge >= 0.3 is 11.2 Å². The minimum absolute atomic E-state index is 0.422. The van der Waals surface area contributed by atoms with Crippen molar-refractivity contribution in [1.29, 1.82) is 0 Å². The summed E-state index contributed by atoms with van der Waals surface area (Å²) in [7, 11) is 0. The predicted molar refractivity (Wildman–Crippen MR) is 112 cm³/mol. The van der Waals surface area contributed by atoms with Crippen LogP contribution in [0.25, 0.3) is 0 Å². The molecule has 1 aliphatic heterocycles. The molecule has 0 atom stereocenters. The molecule has 1 fully saturated rings. The molecule has 1 N–H and O–H groups in total. The van der Waals surface area contributed by atoms with Gasteiger partial charge in [0.1, 0.15) is 6.20 Å². The Bertz CT molecular complexity index is 818. The summed E-state index contributed by atoms with van der Waals surface area (Å²) in [5, 5.41) is 13.3. The molecule has 3 rings (SSSR count). The Hall–Kier alpha value is -1.36. The molecule has 10 heteroatoms. The Morgan fingerprint density at radius 1 is 1.30 bits per heavy atom.